The molecule has 0 unspecified atom stereocenters. The minimum atomic E-state index is -0.421. The molecule has 110 valence electrons. The van der Waals surface area contributed by atoms with E-state index in [0.29, 0.717) is 5.92 Å². The summed E-state index contributed by atoms with van der Waals surface area (Å²) in [5.41, 5.74) is 6.45. The van der Waals surface area contributed by atoms with Crippen LogP contribution in [0.3, 0.4) is 0 Å². The van der Waals surface area contributed by atoms with Gasteiger partial charge < -0.3 is 15.6 Å². The minimum Gasteiger partial charge on any atom is -0.368 e. The summed E-state index contributed by atoms with van der Waals surface area (Å²) in [6, 6.07) is 9.21. The number of hydrogen-bond donors (Lipinski definition) is 2. The van der Waals surface area contributed by atoms with Crippen molar-refractivity contribution in [1.82, 2.24) is 14.9 Å². The first-order valence-corrected chi connectivity index (χ1v) is 7.31. The van der Waals surface area contributed by atoms with Gasteiger partial charge in [-0.05, 0) is 17.9 Å². The zero-order valence-corrected chi connectivity index (χ0v) is 11.9. The van der Waals surface area contributed by atoms with Crippen LogP contribution in [0.4, 0.5) is 0 Å². The van der Waals surface area contributed by atoms with Crippen molar-refractivity contribution in [3.05, 3.63) is 54.1 Å². The molecule has 1 aromatic carbocycles. The monoisotopic (exact) mass is 284 g/mol. The fourth-order valence-electron chi connectivity index (χ4n) is 2.92. The second-order valence-corrected chi connectivity index (χ2v) is 5.55. The topological polar surface area (TPSA) is 72.9 Å². The van der Waals surface area contributed by atoms with Gasteiger partial charge in [-0.2, -0.15) is 0 Å². The van der Waals surface area contributed by atoms with Crippen molar-refractivity contribution in [3.63, 3.8) is 0 Å². The van der Waals surface area contributed by atoms with Crippen molar-refractivity contribution in [3.8, 4) is 0 Å². The van der Waals surface area contributed by atoms with Crippen LogP contribution in [0.2, 0.25) is 0 Å². The number of nitrogens with one attached hydrogen (secondary N) is 1. The molecular formula is C16H20N4O. The highest BCUT2D eigenvalue weighted by Gasteiger charge is 2.22. The fraction of sp³-hybridized carbons (Fsp3) is 0.375. The summed E-state index contributed by atoms with van der Waals surface area (Å²) in [5.74, 6) is 1.32. The summed E-state index contributed by atoms with van der Waals surface area (Å²) in [6.07, 6.45) is 5.95. The third-order valence-electron chi connectivity index (χ3n) is 4.06. The number of primary amides is 1. The van der Waals surface area contributed by atoms with E-state index in [0.717, 1.165) is 37.3 Å². The van der Waals surface area contributed by atoms with Gasteiger partial charge in [0.05, 0.1) is 0 Å². The van der Waals surface area contributed by atoms with Gasteiger partial charge in [0.2, 0.25) is 5.91 Å². The summed E-state index contributed by atoms with van der Waals surface area (Å²) in [5, 5.41) is 3.32. The highest BCUT2D eigenvalue weighted by molar-refractivity contribution is 5.81. The number of fused-ring (bicyclic) bond motifs is 1. The fourth-order valence-corrected chi connectivity index (χ4v) is 2.92. The van der Waals surface area contributed by atoms with Crippen molar-refractivity contribution in [1.29, 1.82) is 0 Å². The third-order valence-corrected chi connectivity index (χ3v) is 4.06. The average Bonchev–Trinajstić information content (AvgIpc) is 2.96. The Morgan fingerprint density at radius 3 is 3.00 bits per heavy atom. The first-order chi connectivity index (χ1) is 10.2. The van der Waals surface area contributed by atoms with Gasteiger partial charge in [-0.3, -0.25) is 4.79 Å². The molecule has 1 aliphatic rings. The van der Waals surface area contributed by atoms with Gasteiger partial charge in [-0.15, -0.1) is 0 Å². The molecule has 1 amide bonds. The zero-order chi connectivity index (χ0) is 14.7. The molecule has 0 bridgehead atoms. The van der Waals surface area contributed by atoms with Crippen LogP contribution in [0.15, 0.2) is 42.7 Å². The second-order valence-electron chi connectivity index (χ2n) is 5.55. The first-order valence-electron chi connectivity index (χ1n) is 7.31. The predicted molar refractivity (Wildman–Crippen MR) is 80.4 cm³/mol. The van der Waals surface area contributed by atoms with Gasteiger partial charge in [0.1, 0.15) is 11.9 Å². The maximum Gasteiger partial charge on any atom is 0.239 e. The van der Waals surface area contributed by atoms with E-state index in [4.69, 9.17) is 5.73 Å². The number of rotatable bonds is 5. The van der Waals surface area contributed by atoms with Crippen molar-refractivity contribution >= 4 is 5.91 Å². The Morgan fingerprint density at radius 1 is 1.43 bits per heavy atom. The Hall–Kier alpha value is -2.14. The van der Waals surface area contributed by atoms with Crippen LogP contribution in [0, 0.1) is 5.92 Å². The van der Waals surface area contributed by atoms with Crippen LogP contribution in [0.25, 0.3) is 0 Å². The third kappa shape index (κ3) is 3.13. The maximum atomic E-state index is 11.7. The van der Waals surface area contributed by atoms with Crippen LogP contribution in [0.1, 0.15) is 23.9 Å². The number of nitrogens with two attached hydrogens (primary N) is 1. The average molecular weight is 284 g/mol. The molecule has 0 saturated carbocycles. The van der Waals surface area contributed by atoms with Crippen molar-refractivity contribution < 1.29 is 4.79 Å². The highest BCUT2D eigenvalue weighted by atomic mass is 16.1. The molecule has 21 heavy (non-hydrogen) atoms. The maximum absolute atomic E-state index is 11.7. The van der Waals surface area contributed by atoms with Gasteiger partial charge in [0, 0.05) is 31.9 Å². The Balaban J connectivity index is 1.62. The van der Waals surface area contributed by atoms with E-state index in [-0.39, 0.29) is 5.91 Å². The van der Waals surface area contributed by atoms with E-state index in [2.05, 4.69) is 14.9 Å². The molecule has 2 heterocycles. The number of carbonyl (C=O) groups excluding carboxylic acids is 1. The molecule has 0 fully saturated rings. The summed E-state index contributed by atoms with van der Waals surface area (Å²) in [6.45, 7) is 1.72. The van der Waals surface area contributed by atoms with Gasteiger partial charge in [-0.1, -0.05) is 30.3 Å². The van der Waals surface area contributed by atoms with Crippen molar-refractivity contribution in [2.75, 3.05) is 6.54 Å². The second kappa shape index (κ2) is 6.10. The van der Waals surface area contributed by atoms with E-state index in [1.165, 1.54) is 0 Å². The minimum absolute atomic E-state index is 0.333. The number of hydrogen-bond acceptors (Lipinski definition) is 3. The lowest BCUT2D eigenvalue weighted by Gasteiger charge is -2.26. The lowest BCUT2D eigenvalue weighted by atomic mass is 9.98. The Morgan fingerprint density at radius 2 is 2.24 bits per heavy atom. The quantitative estimate of drug-likeness (QED) is 0.868. The van der Waals surface area contributed by atoms with Crippen LogP contribution < -0.4 is 11.1 Å². The normalized spacial score (nSPS) is 19.0. The molecule has 0 aliphatic carbocycles. The number of benzene rings is 1. The number of amides is 1. The van der Waals surface area contributed by atoms with Gasteiger partial charge >= 0.3 is 0 Å². The largest absolute Gasteiger partial charge is 0.368 e. The van der Waals surface area contributed by atoms with Crippen LogP contribution >= 0.6 is 0 Å². The lowest BCUT2D eigenvalue weighted by Crippen LogP contribution is -2.38. The number of imidazole rings is 1. The van der Waals surface area contributed by atoms with Gasteiger partial charge in [0.15, 0.2) is 0 Å². The number of aromatic nitrogens is 2. The molecular weight excluding hydrogens is 264 g/mol. The standard InChI is InChI=1S/C16H20N4O/c17-16(21)15(13-4-2-1-3-5-13)19-10-12-6-7-14-18-8-9-20(14)11-12/h1-5,8-9,12,15,19H,6-7,10-11H2,(H2,17,21)/t12-,15-/m1/s1. The molecule has 0 spiro atoms. The van der Waals surface area contributed by atoms with E-state index in [9.17, 15) is 4.79 Å². The van der Waals surface area contributed by atoms with Gasteiger partial charge in [-0.25, -0.2) is 4.98 Å². The lowest BCUT2D eigenvalue weighted by molar-refractivity contribution is -0.120. The molecule has 5 nitrogen and oxygen atoms in total. The smallest absolute Gasteiger partial charge is 0.239 e. The molecule has 5 heteroatoms. The van der Waals surface area contributed by atoms with E-state index >= 15 is 0 Å². The molecule has 0 saturated heterocycles. The summed E-state index contributed by atoms with van der Waals surface area (Å²) in [7, 11) is 0. The predicted octanol–water partition coefficient (Wildman–Crippen LogP) is 1.26. The molecule has 3 N–H and O–H groups in total. The van der Waals surface area contributed by atoms with E-state index in [1.54, 1.807) is 0 Å². The molecule has 0 radical (unpaired) electrons. The highest BCUT2D eigenvalue weighted by Crippen LogP contribution is 2.19. The van der Waals surface area contributed by atoms with Crippen LogP contribution in [-0.4, -0.2) is 22.0 Å². The molecule has 1 aliphatic heterocycles. The number of aryl methyl sites for hydroxylation is 1. The number of nitrogens with zero attached hydrogens (tertiary/aromatic N) is 2. The van der Waals surface area contributed by atoms with Crippen LogP contribution in [-0.2, 0) is 17.8 Å². The molecule has 3 rings (SSSR count). The van der Waals surface area contributed by atoms with Crippen molar-refractivity contribution in [2.24, 2.45) is 11.7 Å². The Labute approximate surface area is 124 Å². The van der Waals surface area contributed by atoms with Gasteiger partial charge in [0.25, 0.3) is 0 Å². The molecule has 2 atom stereocenters. The van der Waals surface area contributed by atoms with Crippen molar-refractivity contribution in [2.45, 2.75) is 25.4 Å². The Kier molecular flexibility index (Phi) is 4.01. The summed E-state index contributed by atoms with van der Waals surface area (Å²) in [4.78, 5) is 16.0. The van der Waals surface area contributed by atoms with E-state index < -0.39 is 6.04 Å². The molecule has 2 aromatic rings. The van der Waals surface area contributed by atoms with Crippen LogP contribution in [0.5, 0.6) is 0 Å². The number of carbonyl (C=O) groups is 1. The first kappa shape index (κ1) is 13.8. The molecule has 1 aromatic heterocycles. The summed E-state index contributed by atoms with van der Waals surface area (Å²) >= 11 is 0. The Bertz CT molecular complexity index is 608. The zero-order valence-electron chi connectivity index (χ0n) is 11.9. The SMILES string of the molecule is NC(=O)[C@H](NC[C@H]1CCc2nccn2C1)c1ccccc1. The van der Waals surface area contributed by atoms with E-state index in [1.807, 2.05) is 42.7 Å². The summed E-state index contributed by atoms with van der Waals surface area (Å²) < 4.78 is 2.19.